The molecular formula is C20H26N4. The second-order valence-electron chi connectivity index (χ2n) is 6.77. The summed E-state index contributed by atoms with van der Waals surface area (Å²) < 4.78 is 0. The third kappa shape index (κ3) is 3.29. The van der Waals surface area contributed by atoms with Crippen LogP contribution in [-0.4, -0.2) is 15.2 Å². The summed E-state index contributed by atoms with van der Waals surface area (Å²) in [6.07, 6.45) is 20.9. The smallest absolute Gasteiger partial charge is 0.0683 e. The Morgan fingerprint density at radius 3 is 3.00 bits per heavy atom. The molecular weight excluding hydrogens is 296 g/mol. The molecule has 0 radical (unpaired) electrons. The summed E-state index contributed by atoms with van der Waals surface area (Å²) in [5, 5.41) is 9.06. The summed E-state index contributed by atoms with van der Waals surface area (Å²) in [7, 11) is 0. The molecule has 4 nitrogen and oxygen atoms in total. The van der Waals surface area contributed by atoms with E-state index in [1.165, 1.54) is 12.0 Å². The number of rotatable bonds is 5. The first-order valence-electron chi connectivity index (χ1n) is 8.50. The zero-order chi connectivity index (χ0) is 17.2. The van der Waals surface area contributed by atoms with Gasteiger partial charge in [-0.15, -0.1) is 0 Å². The fraction of sp³-hybridized carbons (Fsp3) is 0.350. The Morgan fingerprint density at radius 1 is 1.42 bits per heavy atom. The maximum Gasteiger partial charge on any atom is 0.0683 e. The van der Waals surface area contributed by atoms with Gasteiger partial charge in [0, 0.05) is 11.8 Å². The van der Waals surface area contributed by atoms with Crippen LogP contribution in [0.4, 0.5) is 0 Å². The highest BCUT2D eigenvalue weighted by Crippen LogP contribution is 2.56. The predicted octanol–water partition coefficient (Wildman–Crippen LogP) is 4.41. The number of allylic oxidation sites excluding steroid dienone is 7. The Morgan fingerprint density at radius 2 is 2.25 bits per heavy atom. The van der Waals surface area contributed by atoms with E-state index in [0.717, 1.165) is 23.4 Å². The van der Waals surface area contributed by atoms with E-state index in [2.05, 4.69) is 41.4 Å². The zero-order valence-electron chi connectivity index (χ0n) is 14.7. The van der Waals surface area contributed by atoms with Crippen LogP contribution in [0.25, 0.3) is 11.6 Å². The first-order chi connectivity index (χ1) is 11.6. The van der Waals surface area contributed by atoms with Crippen molar-refractivity contribution in [3.05, 3.63) is 65.8 Å². The number of hydrazine groups is 1. The summed E-state index contributed by atoms with van der Waals surface area (Å²) >= 11 is 0. The predicted molar refractivity (Wildman–Crippen MR) is 100 cm³/mol. The highest BCUT2D eigenvalue weighted by atomic mass is 15.4. The standard InChI is InChI=1S/C20H26N4/c1-4-7-18(24(21)10-5-2)12-16-14-22-23-19(16)15-8-6-9-20(3)13-17(20)11-15/h4-7,9-12,14,17H,8,13,21H2,1-3H3,(H,22,23)/b7-4-,10-5-,18-12+. The summed E-state index contributed by atoms with van der Waals surface area (Å²) in [5.41, 5.74) is 4.75. The van der Waals surface area contributed by atoms with Crippen molar-refractivity contribution < 1.29 is 0 Å². The number of hydrogen-bond donors (Lipinski definition) is 2. The van der Waals surface area contributed by atoms with E-state index in [4.69, 9.17) is 5.84 Å². The Bertz CT molecular complexity index is 747. The monoisotopic (exact) mass is 322 g/mol. The number of aromatic amines is 1. The van der Waals surface area contributed by atoms with Gasteiger partial charge in [0.25, 0.3) is 0 Å². The van der Waals surface area contributed by atoms with Gasteiger partial charge in [-0.2, -0.15) is 5.10 Å². The van der Waals surface area contributed by atoms with Crippen molar-refractivity contribution in [1.29, 1.82) is 0 Å². The molecule has 0 aliphatic heterocycles. The Balaban J connectivity index is 1.94. The zero-order valence-corrected chi connectivity index (χ0v) is 14.7. The van der Waals surface area contributed by atoms with Crippen molar-refractivity contribution in [2.75, 3.05) is 0 Å². The van der Waals surface area contributed by atoms with Gasteiger partial charge in [-0.3, -0.25) is 10.1 Å². The van der Waals surface area contributed by atoms with Crippen LogP contribution in [-0.2, 0) is 0 Å². The molecule has 0 bridgehead atoms. The van der Waals surface area contributed by atoms with E-state index >= 15 is 0 Å². The van der Waals surface area contributed by atoms with Gasteiger partial charge in [0.1, 0.15) is 0 Å². The van der Waals surface area contributed by atoms with Crippen molar-refractivity contribution in [2.45, 2.75) is 33.6 Å². The van der Waals surface area contributed by atoms with Crippen LogP contribution in [0.15, 0.2) is 54.5 Å². The second kappa shape index (κ2) is 6.65. The molecule has 2 unspecified atom stereocenters. The van der Waals surface area contributed by atoms with Gasteiger partial charge in [-0.25, -0.2) is 5.84 Å². The first kappa shape index (κ1) is 16.5. The third-order valence-corrected chi connectivity index (χ3v) is 4.82. The van der Waals surface area contributed by atoms with Crippen molar-refractivity contribution in [3.8, 4) is 0 Å². The second-order valence-corrected chi connectivity index (χ2v) is 6.77. The number of nitrogens with zero attached hydrogens (tertiary/aromatic N) is 2. The Kier molecular flexibility index (Phi) is 4.58. The van der Waals surface area contributed by atoms with Crippen LogP contribution < -0.4 is 5.84 Å². The average molecular weight is 322 g/mol. The van der Waals surface area contributed by atoms with Crippen LogP contribution in [0.3, 0.4) is 0 Å². The number of nitrogens with one attached hydrogen (secondary N) is 1. The number of nitrogens with two attached hydrogens (primary N) is 1. The van der Waals surface area contributed by atoms with Crippen LogP contribution in [0, 0.1) is 11.3 Å². The van der Waals surface area contributed by atoms with Gasteiger partial charge >= 0.3 is 0 Å². The first-order valence-corrected chi connectivity index (χ1v) is 8.50. The Labute approximate surface area is 144 Å². The molecule has 0 aromatic carbocycles. The molecule has 3 rings (SSSR count). The molecule has 2 aliphatic carbocycles. The van der Waals surface area contributed by atoms with Gasteiger partial charge in [0.05, 0.1) is 17.6 Å². The average Bonchev–Trinajstić information content (AvgIpc) is 3.00. The minimum absolute atomic E-state index is 0.369. The lowest BCUT2D eigenvalue weighted by Gasteiger charge is -2.15. The molecule has 1 heterocycles. The molecule has 1 aromatic heterocycles. The van der Waals surface area contributed by atoms with Crippen molar-refractivity contribution in [1.82, 2.24) is 15.2 Å². The lowest BCUT2D eigenvalue weighted by Crippen LogP contribution is -2.23. The molecule has 1 saturated carbocycles. The quantitative estimate of drug-likeness (QED) is 0.365. The number of aromatic nitrogens is 2. The highest BCUT2D eigenvalue weighted by Gasteiger charge is 2.47. The van der Waals surface area contributed by atoms with E-state index < -0.39 is 0 Å². The van der Waals surface area contributed by atoms with Crippen molar-refractivity contribution in [3.63, 3.8) is 0 Å². The number of H-pyrrole nitrogens is 1. The topological polar surface area (TPSA) is 57.9 Å². The third-order valence-electron chi connectivity index (χ3n) is 4.82. The number of hydrogen-bond acceptors (Lipinski definition) is 3. The molecule has 24 heavy (non-hydrogen) atoms. The van der Waals surface area contributed by atoms with Crippen molar-refractivity contribution >= 4 is 11.6 Å². The molecule has 0 saturated heterocycles. The maximum absolute atomic E-state index is 6.10. The number of fused-ring (bicyclic) bond motifs is 1. The van der Waals surface area contributed by atoms with Crippen LogP contribution in [0.2, 0.25) is 0 Å². The van der Waals surface area contributed by atoms with E-state index in [0.29, 0.717) is 11.3 Å². The van der Waals surface area contributed by atoms with Gasteiger partial charge in [0.15, 0.2) is 0 Å². The highest BCUT2D eigenvalue weighted by molar-refractivity contribution is 5.74. The molecule has 4 heteroatoms. The largest absolute Gasteiger partial charge is 0.287 e. The molecule has 1 fully saturated rings. The minimum atomic E-state index is 0.369. The van der Waals surface area contributed by atoms with Gasteiger partial charge in [-0.1, -0.05) is 37.3 Å². The van der Waals surface area contributed by atoms with Crippen LogP contribution in [0.1, 0.15) is 44.9 Å². The lowest BCUT2D eigenvalue weighted by atomic mass is 10.0. The summed E-state index contributed by atoms with van der Waals surface area (Å²) in [6.45, 7) is 6.26. The summed E-state index contributed by atoms with van der Waals surface area (Å²) in [4.78, 5) is 0. The molecule has 0 amide bonds. The molecule has 126 valence electrons. The fourth-order valence-electron chi connectivity index (χ4n) is 3.25. The molecule has 3 N–H and O–H groups in total. The maximum atomic E-state index is 6.10. The molecule has 1 aromatic rings. The minimum Gasteiger partial charge on any atom is -0.287 e. The fourth-order valence-corrected chi connectivity index (χ4v) is 3.25. The lowest BCUT2D eigenvalue weighted by molar-refractivity contribution is 0.512. The van der Waals surface area contributed by atoms with Gasteiger partial charge < -0.3 is 0 Å². The summed E-state index contributed by atoms with van der Waals surface area (Å²) in [6, 6.07) is 0. The van der Waals surface area contributed by atoms with Gasteiger partial charge in [0.2, 0.25) is 0 Å². The normalized spacial score (nSPS) is 26.6. The van der Waals surface area contributed by atoms with Crippen LogP contribution >= 0.6 is 0 Å². The van der Waals surface area contributed by atoms with E-state index in [1.54, 1.807) is 5.01 Å². The molecule has 2 atom stereocenters. The van der Waals surface area contributed by atoms with Crippen LogP contribution in [0.5, 0.6) is 0 Å². The van der Waals surface area contributed by atoms with Gasteiger partial charge in [-0.05, 0) is 55.7 Å². The van der Waals surface area contributed by atoms with E-state index in [-0.39, 0.29) is 0 Å². The van der Waals surface area contributed by atoms with E-state index in [1.807, 2.05) is 44.5 Å². The summed E-state index contributed by atoms with van der Waals surface area (Å²) in [5.74, 6) is 6.75. The SMILES string of the molecule is C/C=C\C(=C/c1cn[nH]c1C1=CC2CC2(C)C=CC1)N(N)/C=C\C. The molecule has 2 aliphatic rings. The molecule has 0 spiro atoms. The van der Waals surface area contributed by atoms with Crippen molar-refractivity contribution in [2.24, 2.45) is 17.2 Å². The van der Waals surface area contributed by atoms with E-state index in [9.17, 15) is 0 Å². The Hall–Kier alpha value is -2.33.